The number of carbonyl (C=O) groups excluding carboxylic acids is 1. The molecule has 32 heavy (non-hydrogen) atoms. The van der Waals surface area contributed by atoms with Gasteiger partial charge in [-0.3, -0.25) is 4.79 Å². The number of nitrogens with zero attached hydrogens (tertiary/aromatic N) is 3. The Balaban J connectivity index is 1.59. The summed E-state index contributed by atoms with van der Waals surface area (Å²) in [7, 11) is 1.74. The zero-order chi connectivity index (χ0) is 22.7. The fourth-order valence-electron chi connectivity index (χ4n) is 3.11. The van der Waals surface area contributed by atoms with Gasteiger partial charge in [-0.1, -0.05) is 29.8 Å². The molecule has 2 heterocycles. The number of thioether (sulfide) groups is 1. The van der Waals surface area contributed by atoms with Crippen LogP contribution in [0.15, 0.2) is 46.3 Å². The van der Waals surface area contributed by atoms with Crippen LogP contribution >= 0.6 is 23.4 Å². The molecule has 0 aliphatic carbocycles. The van der Waals surface area contributed by atoms with E-state index < -0.39 is 5.82 Å². The topological polar surface area (TPSA) is 88.5 Å². The highest BCUT2D eigenvalue weighted by Crippen LogP contribution is 2.33. The lowest BCUT2D eigenvalue weighted by atomic mass is 10.1. The number of ether oxygens (including phenoxy) is 1. The van der Waals surface area contributed by atoms with Crippen LogP contribution in [-0.4, -0.2) is 34.7 Å². The van der Waals surface area contributed by atoms with Crippen molar-refractivity contribution in [3.8, 4) is 5.88 Å². The SMILES string of the molecule is CCOc1nc(NC)nc2cccc(C=C3SC(NCc4ccc(F)cc4Cl)=NC3=O)c12. The number of amides is 1. The number of rotatable bonds is 6. The molecule has 1 aliphatic rings. The monoisotopic (exact) mass is 471 g/mol. The molecule has 0 unspecified atom stereocenters. The molecule has 4 rings (SSSR count). The molecule has 0 atom stereocenters. The molecule has 0 radical (unpaired) electrons. The molecule has 1 aliphatic heterocycles. The van der Waals surface area contributed by atoms with Crippen molar-refractivity contribution in [2.45, 2.75) is 13.5 Å². The second kappa shape index (κ2) is 9.54. The van der Waals surface area contributed by atoms with E-state index in [1.807, 2.05) is 25.1 Å². The average molecular weight is 472 g/mol. The molecule has 0 saturated carbocycles. The van der Waals surface area contributed by atoms with Gasteiger partial charge in [0.05, 0.1) is 22.4 Å². The van der Waals surface area contributed by atoms with E-state index in [0.717, 1.165) is 5.56 Å². The van der Waals surface area contributed by atoms with Gasteiger partial charge in [0.25, 0.3) is 5.91 Å². The van der Waals surface area contributed by atoms with Crippen molar-refractivity contribution in [3.05, 3.63) is 63.3 Å². The van der Waals surface area contributed by atoms with Gasteiger partial charge in [0, 0.05) is 18.6 Å². The summed E-state index contributed by atoms with van der Waals surface area (Å²) in [6.45, 7) is 2.63. The third-order valence-electron chi connectivity index (χ3n) is 4.58. The third kappa shape index (κ3) is 4.68. The lowest BCUT2D eigenvalue weighted by Gasteiger charge is -2.11. The summed E-state index contributed by atoms with van der Waals surface area (Å²) in [5.74, 6) is 0.130. The summed E-state index contributed by atoms with van der Waals surface area (Å²) < 4.78 is 19.0. The Kier molecular flexibility index (Phi) is 6.57. The maximum Gasteiger partial charge on any atom is 0.286 e. The van der Waals surface area contributed by atoms with Gasteiger partial charge < -0.3 is 15.4 Å². The Morgan fingerprint density at radius 2 is 2.09 bits per heavy atom. The molecule has 1 aromatic heterocycles. The summed E-state index contributed by atoms with van der Waals surface area (Å²) in [6.07, 6.45) is 1.75. The van der Waals surface area contributed by atoms with E-state index in [-0.39, 0.29) is 5.91 Å². The average Bonchev–Trinajstić information content (AvgIpc) is 3.12. The van der Waals surface area contributed by atoms with E-state index >= 15 is 0 Å². The molecule has 3 aromatic rings. The number of amidine groups is 1. The highest BCUT2D eigenvalue weighted by molar-refractivity contribution is 8.18. The number of aliphatic imine (C=N–C) groups is 1. The van der Waals surface area contributed by atoms with Crippen molar-refractivity contribution in [2.75, 3.05) is 19.0 Å². The van der Waals surface area contributed by atoms with Crippen LogP contribution in [0.3, 0.4) is 0 Å². The Hall–Kier alpha value is -3.17. The minimum Gasteiger partial charge on any atom is -0.477 e. The van der Waals surface area contributed by atoms with E-state index in [4.69, 9.17) is 16.3 Å². The second-order valence-corrected chi connectivity index (χ2v) is 8.14. The third-order valence-corrected chi connectivity index (χ3v) is 5.87. The summed E-state index contributed by atoms with van der Waals surface area (Å²) in [5.41, 5.74) is 2.15. The molecule has 7 nitrogen and oxygen atoms in total. The van der Waals surface area contributed by atoms with Crippen LogP contribution in [0.1, 0.15) is 18.1 Å². The minimum absolute atomic E-state index is 0.309. The van der Waals surface area contributed by atoms with E-state index in [9.17, 15) is 9.18 Å². The zero-order valence-corrected chi connectivity index (χ0v) is 18.9. The Morgan fingerprint density at radius 1 is 1.25 bits per heavy atom. The van der Waals surface area contributed by atoms with Crippen LogP contribution in [-0.2, 0) is 11.3 Å². The minimum atomic E-state index is -0.404. The first-order valence-corrected chi connectivity index (χ1v) is 11.0. The summed E-state index contributed by atoms with van der Waals surface area (Å²) >= 11 is 7.28. The maximum atomic E-state index is 13.2. The van der Waals surface area contributed by atoms with Crippen LogP contribution in [0, 0.1) is 5.82 Å². The van der Waals surface area contributed by atoms with E-state index in [1.54, 1.807) is 19.2 Å². The summed E-state index contributed by atoms with van der Waals surface area (Å²) in [4.78, 5) is 25.9. The van der Waals surface area contributed by atoms with Crippen molar-refractivity contribution >= 4 is 57.4 Å². The van der Waals surface area contributed by atoms with E-state index in [2.05, 4.69) is 25.6 Å². The van der Waals surface area contributed by atoms with Crippen LogP contribution in [0.25, 0.3) is 17.0 Å². The lowest BCUT2D eigenvalue weighted by Crippen LogP contribution is -2.18. The van der Waals surface area contributed by atoms with E-state index in [0.29, 0.717) is 56.5 Å². The fraction of sp³-hybridized carbons (Fsp3) is 0.182. The first-order valence-electron chi connectivity index (χ1n) is 9.80. The Labute approximate surface area is 193 Å². The van der Waals surface area contributed by atoms with Crippen LogP contribution in [0.2, 0.25) is 5.02 Å². The fourth-order valence-corrected chi connectivity index (χ4v) is 4.14. The largest absolute Gasteiger partial charge is 0.477 e. The number of benzene rings is 2. The van der Waals surface area contributed by atoms with Gasteiger partial charge in [-0.25, -0.2) is 9.37 Å². The van der Waals surface area contributed by atoms with Crippen LogP contribution in [0.5, 0.6) is 5.88 Å². The number of aromatic nitrogens is 2. The summed E-state index contributed by atoms with van der Waals surface area (Å²) in [6, 6.07) is 9.77. The molecule has 2 N–H and O–H groups in total. The van der Waals surface area contributed by atoms with Crippen LogP contribution in [0.4, 0.5) is 10.3 Å². The molecule has 10 heteroatoms. The van der Waals surface area contributed by atoms with Gasteiger partial charge in [0.1, 0.15) is 5.82 Å². The first-order chi connectivity index (χ1) is 15.5. The van der Waals surface area contributed by atoms with Gasteiger partial charge in [-0.15, -0.1) is 0 Å². The van der Waals surface area contributed by atoms with Crippen molar-refractivity contribution in [3.63, 3.8) is 0 Å². The number of anilines is 1. The highest BCUT2D eigenvalue weighted by Gasteiger charge is 2.23. The molecule has 2 aromatic carbocycles. The number of carbonyl (C=O) groups is 1. The Bertz CT molecular complexity index is 1260. The number of hydrogen-bond acceptors (Lipinski definition) is 7. The number of hydrogen-bond donors (Lipinski definition) is 2. The first kappa shape index (κ1) is 22.0. The zero-order valence-electron chi connectivity index (χ0n) is 17.3. The Morgan fingerprint density at radius 3 is 2.84 bits per heavy atom. The standard InChI is InChI=1S/C22H19ClFN5O2S/c1-3-31-20-18-12(5-4-6-16(18)27-21(25-2)29-20)9-17-19(30)28-22(32-17)26-11-13-7-8-14(24)10-15(13)23/h4-10H,3,11H2,1-2H3,(H,25,27,29)(H,26,28,30). The molecule has 164 valence electrons. The molecule has 0 spiro atoms. The van der Waals surface area contributed by atoms with Crippen molar-refractivity contribution < 1.29 is 13.9 Å². The number of halogens is 2. The molecule has 1 amide bonds. The van der Waals surface area contributed by atoms with Crippen LogP contribution < -0.4 is 15.4 Å². The smallest absolute Gasteiger partial charge is 0.286 e. The number of fused-ring (bicyclic) bond motifs is 1. The molecular formula is C22H19ClFN5O2S. The molecular weight excluding hydrogens is 453 g/mol. The van der Waals surface area contributed by atoms with Gasteiger partial charge in [0.2, 0.25) is 11.8 Å². The van der Waals surface area contributed by atoms with Crippen molar-refractivity contribution in [1.29, 1.82) is 0 Å². The molecule has 0 saturated heterocycles. The van der Waals surface area contributed by atoms with Crippen molar-refractivity contribution in [2.24, 2.45) is 4.99 Å². The maximum absolute atomic E-state index is 13.2. The lowest BCUT2D eigenvalue weighted by molar-refractivity contribution is -0.113. The van der Waals surface area contributed by atoms with Crippen molar-refractivity contribution in [1.82, 2.24) is 15.3 Å². The van der Waals surface area contributed by atoms with Gasteiger partial charge in [-0.05, 0) is 54.1 Å². The quantitative estimate of drug-likeness (QED) is 0.507. The highest BCUT2D eigenvalue weighted by atomic mass is 35.5. The summed E-state index contributed by atoms with van der Waals surface area (Å²) in [5, 5.41) is 7.47. The van der Waals surface area contributed by atoms with Gasteiger partial charge in [0.15, 0.2) is 5.17 Å². The van der Waals surface area contributed by atoms with E-state index in [1.165, 1.54) is 23.9 Å². The predicted molar refractivity (Wildman–Crippen MR) is 127 cm³/mol. The van der Waals surface area contributed by atoms with Gasteiger partial charge in [-0.2, -0.15) is 9.98 Å². The predicted octanol–water partition coefficient (Wildman–Crippen LogP) is 4.62. The normalized spacial score (nSPS) is 14.7. The van der Waals surface area contributed by atoms with Gasteiger partial charge >= 0.3 is 0 Å². The molecule has 0 bridgehead atoms. The molecule has 0 fully saturated rings. The number of nitrogens with one attached hydrogen (secondary N) is 2. The second-order valence-electron chi connectivity index (χ2n) is 6.70.